The van der Waals surface area contributed by atoms with Gasteiger partial charge in [0.2, 0.25) is 15.9 Å². The van der Waals surface area contributed by atoms with Crippen LogP contribution in [0.1, 0.15) is 23.4 Å². The van der Waals surface area contributed by atoms with Crippen LogP contribution in [-0.4, -0.2) is 67.4 Å². The van der Waals surface area contributed by atoms with Crippen molar-refractivity contribution in [2.24, 2.45) is 0 Å². The number of nitrogens with one attached hydrogen (secondary N) is 2. The third kappa shape index (κ3) is 5.62. The van der Waals surface area contributed by atoms with Gasteiger partial charge in [-0.3, -0.25) is 4.79 Å². The Balaban J connectivity index is 1.49. The van der Waals surface area contributed by atoms with E-state index < -0.39 is 16.1 Å². The molecule has 2 N–H and O–H groups in total. The molecule has 0 bridgehead atoms. The topological polar surface area (TPSA) is 125 Å². The number of halogens is 1. The monoisotopic (exact) mass is 467 g/mol. The van der Waals surface area contributed by atoms with E-state index in [2.05, 4.69) is 15.8 Å². The molecule has 2 heterocycles. The van der Waals surface area contributed by atoms with Gasteiger partial charge in [0.15, 0.2) is 5.76 Å². The summed E-state index contributed by atoms with van der Waals surface area (Å²) in [5.74, 6) is -0.437. The number of sulfonamides is 1. The van der Waals surface area contributed by atoms with Crippen molar-refractivity contribution in [3.8, 4) is 0 Å². The van der Waals surface area contributed by atoms with Crippen molar-refractivity contribution in [2.45, 2.75) is 31.7 Å². The Morgan fingerprint density at radius 2 is 1.81 bits per heavy atom. The highest BCUT2D eigenvalue weighted by Crippen LogP contribution is 2.24. The molecule has 0 saturated carbocycles. The minimum Gasteiger partial charge on any atom is -0.360 e. The van der Waals surface area contributed by atoms with E-state index in [4.69, 9.17) is 4.52 Å². The molecule has 0 aliphatic carbocycles. The Bertz CT molecular complexity index is 1050. The summed E-state index contributed by atoms with van der Waals surface area (Å²) < 4.78 is 45.2. The molecule has 3 rings (SSSR count). The SMILES string of the molecule is Cc1noc(C)c1S(=O)(=O)N1CCCN(C(=O)CNC(=O)NCc2ccc(F)cc2)CC1. The molecule has 1 fully saturated rings. The third-order valence-corrected chi connectivity index (χ3v) is 7.28. The molecule has 0 radical (unpaired) electrons. The number of hydrogen-bond donors (Lipinski definition) is 2. The molecule has 174 valence electrons. The van der Waals surface area contributed by atoms with Crippen LogP contribution in [0.5, 0.6) is 0 Å². The standard InChI is InChI=1S/C20H26FN5O5S/c1-14-19(15(2)31-24-14)32(29,30)26-9-3-8-25(10-11-26)18(27)13-23-20(28)22-12-16-4-6-17(21)7-5-16/h4-7H,3,8-13H2,1-2H3,(H2,22,23,28). The zero-order valence-corrected chi connectivity index (χ0v) is 18.7. The predicted molar refractivity (Wildman–Crippen MR) is 113 cm³/mol. The van der Waals surface area contributed by atoms with Crippen molar-refractivity contribution in [3.63, 3.8) is 0 Å². The van der Waals surface area contributed by atoms with Crippen LogP contribution in [-0.2, 0) is 21.4 Å². The van der Waals surface area contributed by atoms with Crippen LogP contribution >= 0.6 is 0 Å². The van der Waals surface area contributed by atoms with E-state index in [1.165, 1.54) is 21.3 Å². The van der Waals surface area contributed by atoms with Crippen molar-refractivity contribution in [3.05, 3.63) is 47.1 Å². The average Bonchev–Trinajstić information content (AvgIpc) is 2.95. The maximum absolute atomic E-state index is 13.0. The van der Waals surface area contributed by atoms with Gasteiger partial charge in [-0.25, -0.2) is 17.6 Å². The Labute approximate surface area is 185 Å². The van der Waals surface area contributed by atoms with Crippen LogP contribution in [0, 0.1) is 19.7 Å². The summed E-state index contributed by atoms with van der Waals surface area (Å²) in [5.41, 5.74) is 1.02. The molecular weight excluding hydrogens is 441 g/mol. The Hall–Kier alpha value is -2.99. The summed E-state index contributed by atoms with van der Waals surface area (Å²) in [6.45, 7) is 4.09. The first-order valence-corrected chi connectivity index (χ1v) is 11.6. The number of nitrogens with zero attached hydrogens (tertiary/aromatic N) is 3. The van der Waals surface area contributed by atoms with Crippen LogP contribution in [0.15, 0.2) is 33.7 Å². The molecule has 2 aromatic rings. The lowest BCUT2D eigenvalue weighted by Gasteiger charge is -2.22. The summed E-state index contributed by atoms with van der Waals surface area (Å²) in [6, 6.07) is 5.18. The first-order chi connectivity index (χ1) is 15.2. The number of amides is 3. The van der Waals surface area contributed by atoms with Gasteiger partial charge < -0.3 is 20.1 Å². The predicted octanol–water partition coefficient (Wildman–Crippen LogP) is 1.15. The van der Waals surface area contributed by atoms with E-state index in [-0.39, 0.29) is 55.1 Å². The fraction of sp³-hybridized carbons (Fsp3) is 0.450. The molecule has 0 atom stereocenters. The zero-order valence-electron chi connectivity index (χ0n) is 17.9. The molecule has 1 aliphatic heterocycles. The number of hydrogen-bond acceptors (Lipinski definition) is 6. The Morgan fingerprint density at radius 1 is 1.09 bits per heavy atom. The van der Waals surface area contributed by atoms with E-state index in [9.17, 15) is 22.4 Å². The first kappa shape index (κ1) is 23.7. The number of carbonyl (C=O) groups excluding carboxylic acids is 2. The van der Waals surface area contributed by atoms with Crippen molar-refractivity contribution in [1.82, 2.24) is 25.0 Å². The Kier molecular flexibility index (Phi) is 7.46. The second-order valence-electron chi connectivity index (χ2n) is 7.45. The van der Waals surface area contributed by atoms with Gasteiger partial charge in [-0.05, 0) is 38.0 Å². The highest BCUT2D eigenvalue weighted by Gasteiger charge is 2.32. The fourth-order valence-corrected chi connectivity index (χ4v) is 5.23. The molecule has 0 unspecified atom stereocenters. The van der Waals surface area contributed by atoms with E-state index in [0.29, 0.717) is 18.7 Å². The molecule has 1 aromatic heterocycles. The maximum atomic E-state index is 13.0. The van der Waals surface area contributed by atoms with Crippen LogP contribution in [0.3, 0.4) is 0 Å². The number of aryl methyl sites for hydroxylation is 2. The van der Waals surface area contributed by atoms with Crippen LogP contribution in [0.2, 0.25) is 0 Å². The zero-order chi connectivity index (χ0) is 23.3. The summed E-state index contributed by atoms with van der Waals surface area (Å²) in [5, 5.41) is 8.80. The highest BCUT2D eigenvalue weighted by atomic mass is 32.2. The van der Waals surface area contributed by atoms with E-state index in [1.807, 2.05) is 0 Å². The van der Waals surface area contributed by atoms with Crippen LogP contribution in [0.4, 0.5) is 9.18 Å². The maximum Gasteiger partial charge on any atom is 0.315 e. The Morgan fingerprint density at radius 3 is 2.47 bits per heavy atom. The largest absolute Gasteiger partial charge is 0.360 e. The van der Waals surface area contributed by atoms with Gasteiger partial charge in [0, 0.05) is 32.7 Å². The van der Waals surface area contributed by atoms with E-state index in [0.717, 1.165) is 5.56 Å². The number of urea groups is 1. The quantitative estimate of drug-likeness (QED) is 0.657. The molecule has 12 heteroatoms. The van der Waals surface area contributed by atoms with Crippen molar-refractivity contribution in [2.75, 3.05) is 32.7 Å². The molecule has 10 nitrogen and oxygen atoms in total. The molecule has 1 saturated heterocycles. The molecule has 0 spiro atoms. The normalized spacial score (nSPS) is 15.3. The number of benzene rings is 1. The summed E-state index contributed by atoms with van der Waals surface area (Å²) in [6.07, 6.45) is 0.463. The van der Waals surface area contributed by atoms with Crippen molar-refractivity contribution in [1.29, 1.82) is 0 Å². The van der Waals surface area contributed by atoms with E-state index in [1.54, 1.807) is 26.0 Å². The summed E-state index contributed by atoms with van der Waals surface area (Å²) in [7, 11) is -3.78. The van der Waals surface area contributed by atoms with Crippen LogP contribution in [0.25, 0.3) is 0 Å². The second-order valence-corrected chi connectivity index (χ2v) is 9.33. The molecular formula is C20H26FN5O5S. The van der Waals surface area contributed by atoms with Gasteiger partial charge >= 0.3 is 6.03 Å². The van der Waals surface area contributed by atoms with E-state index >= 15 is 0 Å². The molecule has 3 amide bonds. The van der Waals surface area contributed by atoms with Gasteiger partial charge in [0.05, 0.1) is 6.54 Å². The minimum atomic E-state index is -3.78. The lowest BCUT2D eigenvalue weighted by molar-refractivity contribution is -0.129. The summed E-state index contributed by atoms with van der Waals surface area (Å²) >= 11 is 0. The third-order valence-electron chi connectivity index (χ3n) is 5.14. The van der Waals surface area contributed by atoms with Gasteiger partial charge in [-0.2, -0.15) is 4.31 Å². The van der Waals surface area contributed by atoms with Crippen LogP contribution < -0.4 is 10.6 Å². The first-order valence-electron chi connectivity index (χ1n) is 10.2. The average molecular weight is 468 g/mol. The molecule has 1 aromatic carbocycles. The summed E-state index contributed by atoms with van der Waals surface area (Å²) in [4.78, 5) is 26.1. The van der Waals surface area contributed by atoms with Gasteiger partial charge in [0.1, 0.15) is 16.4 Å². The van der Waals surface area contributed by atoms with Gasteiger partial charge in [-0.15, -0.1) is 0 Å². The van der Waals surface area contributed by atoms with Crippen molar-refractivity contribution < 1.29 is 26.9 Å². The minimum absolute atomic E-state index is 0.0665. The highest BCUT2D eigenvalue weighted by molar-refractivity contribution is 7.89. The van der Waals surface area contributed by atoms with Crippen molar-refractivity contribution >= 4 is 22.0 Å². The fourth-order valence-electron chi connectivity index (χ4n) is 3.47. The molecule has 32 heavy (non-hydrogen) atoms. The number of aromatic nitrogens is 1. The number of carbonyl (C=O) groups is 2. The molecule has 1 aliphatic rings. The lowest BCUT2D eigenvalue weighted by Crippen LogP contribution is -2.44. The number of rotatable bonds is 6. The van der Waals surface area contributed by atoms with Gasteiger partial charge in [-0.1, -0.05) is 17.3 Å². The lowest BCUT2D eigenvalue weighted by atomic mass is 10.2. The smallest absolute Gasteiger partial charge is 0.315 e. The van der Waals surface area contributed by atoms with Gasteiger partial charge in [0.25, 0.3) is 0 Å². The second kappa shape index (κ2) is 10.1.